The molecule has 0 bridgehead atoms. The largest absolute Gasteiger partial charge is 0.419 e. The minimum Gasteiger partial charge on any atom is -0.316 e. The van der Waals surface area contributed by atoms with Crippen molar-refractivity contribution in [3.63, 3.8) is 0 Å². The van der Waals surface area contributed by atoms with E-state index in [1.54, 1.807) is 0 Å². The van der Waals surface area contributed by atoms with Gasteiger partial charge in [0.2, 0.25) is 0 Å². The first kappa shape index (κ1) is 11.0. The Hall–Kier alpha value is -1.10. The molecule has 2 atom stereocenters. The number of rotatable bonds is 1. The lowest BCUT2D eigenvalue weighted by Crippen LogP contribution is -2.20. The number of nitrogens with one attached hydrogen (secondary N) is 1. The molecular formula is C12H11F4N. The van der Waals surface area contributed by atoms with E-state index in [9.17, 15) is 17.6 Å². The third kappa shape index (κ3) is 1.56. The maximum atomic E-state index is 13.4. The van der Waals surface area contributed by atoms with Crippen molar-refractivity contribution in [2.24, 2.45) is 5.92 Å². The highest BCUT2D eigenvalue weighted by Gasteiger charge is 2.58. The number of halogens is 4. The molecule has 0 unspecified atom stereocenters. The summed E-state index contributed by atoms with van der Waals surface area (Å²) in [6, 6.07) is 3.32. The van der Waals surface area contributed by atoms with Crippen molar-refractivity contribution in [1.82, 2.24) is 5.32 Å². The molecule has 1 aliphatic heterocycles. The molecule has 1 aromatic carbocycles. The van der Waals surface area contributed by atoms with Gasteiger partial charge in [-0.25, -0.2) is 4.39 Å². The van der Waals surface area contributed by atoms with E-state index in [1.165, 1.54) is 6.07 Å². The summed E-state index contributed by atoms with van der Waals surface area (Å²) in [6.07, 6.45) is -3.66. The first-order valence-corrected chi connectivity index (χ1v) is 5.51. The van der Waals surface area contributed by atoms with Crippen LogP contribution < -0.4 is 5.32 Å². The second-order valence-electron chi connectivity index (χ2n) is 4.88. The summed E-state index contributed by atoms with van der Waals surface area (Å²) in [5.41, 5.74) is -0.593. The second-order valence-corrected chi connectivity index (χ2v) is 4.88. The maximum absolute atomic E-state index is 13.4. The highest BCUT2D eigenvalue weighted by molar-refractivity contribution is 5.39. The van der Waals surface area contributed by atoms with Gasteiger partial charge in [0, 0.05) is 12.0 Å². The summed E-state index contributed by atoms with van der Waals surface area (Å²) < 4.78 is 50.7. The lowest BCUT2D eigenvalue weighted by molar-refractivity contribution is -0.140. The molecule has 92 valence electrons. The zero-order chi connectivity index (χ0) is 12.3. The van der Waals surface area contributed by atoms with Crippen LogP contribution in [0.3, 0.4) is 0 Å². The van der Waals surface area contributed by atoms with Crippen molar-refractivity contribution >= 4 is 0 Å². The Morgan fingerprint density at radius 3 is 2.53 bits per heavy atom. The van der Waals surface area contributed by atoms with E-state index >= 15 is 0 Å². The van der Waals surface area contributed by atoms with Gasteiger partial charge in [-0.1, -0.05) is 6.07 Å². The first-order chi connectivity index (χ1) is 7.93. The van der Waals surface area contributed by atoms with Gasteiger partial charge in [0.15, 0.2) is 0 Å². The van der Waals surface area contributed by atoms with Crippen LogP contribution in [0.5, 0.6) is 0 Å². The van der Waals surface area contributed by atoms with Gasteiger partial charge < -0.3 is 5.32 Å². The summed E-state index contributed by atoms with van der Waals surface area (Å²) >= 11 is 0. The van der Waals surface area contributed by atoms with Crippen LogP contribution in [0, 0.1) is 11.7 Å². The Labute approximate surface area is 95.8 Å². The quantitative estimate of drug-likeness (QED) is 0.750. The Balaban J connectivity index is 1.97. The van der Waals surface area contributed by atoms with Gasteiger partial charge >= 0.3 is 6.18 Å². The van der Waals surface area contributed by atoms with Crippen LogP contribution in [-0.2, 0) is 11.6 Å². The summed E-state index contributed by atoms with van der Waals surface area (Å²) in [5.74, 6) is -0.708. The SMILES string of the molecule is Fc1cc([C@@]23CNC[C@@H]2C3)ccc1C(F)(F)F. The highest BCUT2D eigenvalue weighted by Crippen LogP contribution is 2.56. The van der Waals surface area contributed by atoms with Gasteiger partial charge in [0.25, 0.3) is 0 Å². The van der Waals surface area contributed by atoms with E-state index in [0.29, 0.717) is 11.5 Å². The standard InChI is InChI=1S/C12H11F4N/c13-10-3-7(1-2-9(10)12(14,15)16)11-4-8(11)5-17-6-11/h1-3,8,17H,4-6H2/t8-,11+/m0/s1. The predicted octanol–water partition coefficient (Wildman–Crippen LogP) is 2.71. The van der Waals surface area contributed by atoms with E-state index in [-0.39, 0.29) is 5.41 Å². The Bertz CT molecular complexity index is 468. The van der Waals surface area contributed by atoms with E-state index in [4.69, 9.17) is 0 Å². The van der Waals surface area contributed by atoms with Crippen LogP contribution in [0.2, 0.25) is 0 Å². The molecule has 1 aromatic rings. The van der Waals surface area contributed by atoms with Gasteiger partial charge in [-0.05, 0) is 36.6 Å². The molecule has 1 saturated heterocycles. The van der Waals surface area contributed by atoms with Crippen LogP contribution >= 0.6 is 0 Å². The van der Waals surface area contributed by atoms with Gasteiger partial charge in [-0.15, -0.1) is 0 Å². The average Bonchev–Trinajstić information content (AvgIpc) is 2.80. The monoisotopic (exact) mass is 245 g/mol. The predicted molar refractivity (Wildman–Crippen MR) is 54.1 cm³/mol. The number of hydrogen-bond acceptors (Lipinski definition) is 1. The highest BCUT2D eigenvalue weighted by atomic mass is 19.4. The maximum Gasteiger partial charge on any atom is 0.419 e. The van der Waals surface area contributed by atoms with Crippen molar-refractivity contribution in [2.75, 3.05) is 13.1 Å². The molecule has 5 heteroatoms. The fraction of sp³-hybridized carbons (Fsp3) is 0.500. The van der Waals surface area contributed by atoms with E-state index < -0.39 is 17.6 Å². The molecule has 1 N–H and O–H groups in total. The summed E-state index contributed by atoms with van der Waals surface area (Å²) in [7, 11) is 0. The first-order valence-electron chi connectivity index (χ1n) is 5.51. The molecule has 2 fully saturated rings. The third-order valence-electron chi connectivity index (χ3n) is 3.91. The number of hydrogen-bond donors (Lipinski definition) is 1. The fourth-order valence-corrected chi connectivity index (χ4v) is 2.84. The molecule has 0 aromatic heterocycles. The topological polar surface area (TPSA) is 12.0 Å². The lowest BCUT2D eigenvalue weighted by Gasteiger charge is -2.14. The van der Waals surface area contributed by atoms with Gasteiger partial charge in [0.1, 0.15) is 5.82 Å². The van der Waals surface area contributed by atoms with Crippen molar-refractivity contribution < 1.29 is 17.6 Å². The normalized spacial score (nSPS) is 31.4. The molecule has 0 spiro atoms. The van der Waals surface area contributed by atoms with Crippen molar-refractivity contribution in [1.29, 1.82) is 0 Å². The molecule has 1 aliphatic carbocycles. The molecule has 1 saturated carbocycles. The Morgan fingerprint density at radius 1 is 1.29 bits per heavy atom. The molecule has 2 aliphatic rings. The van der Waals surface area contributed by atoms with Crippen LogP contribution in [-0.4, -0.2) is 13.1 Å². The van der Waals surface area contributed by atoms with Crippen LogP contribution in [0.25, 0.3) is 0 Å². The molecule has 0 amide bonds. The van der Waals surface area contributed by atoms with E-state index in [2.05, 4.69) is 5.32 Å². The fourth-order valence-electron chi connectivity index (χ4n) is 2.84. The molecular weight excluding hydrogens is 234 g/mol. The number of alkyl halides is 3. The van der Waals surface area contributed by atoms with Gasteiger partial charge in [0.05, 0.1) is 5.56 Å². The van der Waals surface area contributed by atoms with E-state index in [0.717, 1.165) is 31.6 Å². The minimum absolute atomic E-state index is 0.106. The summed E-state index contributed by atoms with van der Waals surface area (Å²) in [5, 5.41) is 3.18. The Morgan fingerprint density at radius 2 is 2.06 bits per heavy atom. The van der Waals surface area contributed by atoms with Crippen molar-refractivity contribution in [3.05, 3.63) is 35.1 Å². The van der Waals surface area contributed by atoms with Crippen LogP contribution in [0.15, 0.2) is 18.2 Å². The van der Waals surface area contributed by atoms with Gasteiger partial charge in [-0.3, -0.25) is 0 Å². The summed E-state index contributed by atoms with van der Waals surface area (Å²) in [6.45, 7) is 1.62. The van der Waals surface area contributed by atoms with Crippen LogP contribution in [0.1, 0.15) is 17.5 Å². The average molecular weight is 245 g/mol. The zero-order valence-corrected chi connectivity index (χ0v) is 8.94. The van der Waals surface area contributed by atoms with Crippen molar-refractivity contribution in [2.45, 2.75) is 18.0 Å². The second kappa shape index (κ2) is 3.22. The number of fused-ring (bicyclic) bond motifs is 1. The molecule has 1 heterocycles. The summed E-state index contributed by atoms with van der Waals surface area (Å²) in [4.78, 5) is 0. The Kier molecular flexibility index (Phi) is 2.09. The molecule has 1 nitrogen and oxygen atoms in total. The number of benzene rings is 1. The minimum atomic E-state index is -4.61. The molecule has 3 rings (SSSR count). The molecule has 0 radical (unpaired) electrons. The lowest BCUT2D eigenvalue weighted by atomic mass is 9.94. The van der Waals surface area contributed by atoms with Gasteiger partial charge in [-0.2, -0.15) is 13.2 Å². The smallest absolute Gasteiger partial charge is 0.316 e. The number of piperidine rings is 1. The van der Waals surface area contributed by atoms with Crippen LogP contribution in [0.4, 0.5) is 17.6 Å². The van der Waals surface area contributed by atoms with Crippen molar-refractivity contribution in [3.8, 4) is 0 Å². The molecule has 17 heavy (non-hydrogen) atoms. The third-order valence-corrected chi connectivity index (χ3v) is 3.91. The zero-order valence-electron chi connectivity index (χ0n) is 8.94. The van der Waals surface area contributed by atoms with E-state index in [1.807, 2.05) is 0 Å².